The van der Waals surface area contributed by atoms with Crippen molar-refractivity contribution in [3.8, 4) is 6.07 Å². The van der Waals surface area contributed by atoms with E-state index in [1.807, 2.05) is 39.0 Å². The zero-order chi connectivity index (χ0) is 13.1. The van der Waals surface area contributed by atoms with E-state index >= 15 is 0 Å². The van der Waals surface area contributed by atoms with Crippen LogP contribution >= 0.6 is 0 Å². The molecule has 90 valence electrons. The number of benzene rings is 1. The minimum Gasteiger partial charge on any atom is -0.481 e. The molecule has 1 N–H and O–H groups in total. The van der Waals surface area contributed by atoms with Crippen molar-refractivity contribution >= 4 is 5.97 Å². The van der Waals surface area contributed by atoms with E-state index in [4.69, 9.17) is 5.26 Å². The minimum absolute atomic E-state index is 0.278. The third kappa shape index (κ3) is 3.60. The average molecular weight is 231 g/mol. The highest BCUT2D eigenvalue weighted by Crippen LogP contribution is 2.29. The van der Waals surface area contributed by atoms with Gasteiger partial charge >= 0.3 is 5.97 Å². The van der Waals surface area contributed by atoms with E-state index in [1.54, 1.807) is 12.1 Å². The zero-order valence-electron chi connectivity index (χ0n) is 10.4. The summed E-state index contributed by atoms with van der Waals surface area (Å²) in [4.78, 5) is 11.2. The Morgan fingerprint density at radius 2 is 1.88 bits per heavy atom. The van der Waals surface area contributed by atoms with Gasteiger partial charge in [0.15, 0.2) is 0 Å². The van der Waals surface area contributed by atoms with Gasteiger partial charge in [-0.05, 0) is 29.5 Å². The Labute approximate surface area is 102 Å². The predicted octanol–water partition coefficient (Wildman–Crippen LogP) is 2.85. The summed E-state index contributed by atoms with van der Waals surface area (Å²) in [6.45, 7) is 5.78. The molecule has 0 saturated carbocycles. The third-order valence-corrected chi connectivity index (χ3v) is 2.87. The normalized spacial score (nSPS) is 12.8. The van der Waals surface area contributed by atoms with Crippen LogP contribution in [0, 0.1) is 22.7 Å². The van der Waals surface area contributed by atoms with Gasteiger partial charge < -0.3 is 5.11 Å². The number of nitriles is 1. The largest absolute Gasteiger partial charge is 0.481 e. The summed E-state index contributed by atoms with van der Waals surface area (Å²) >= 11 is 0. The number of aliphatic carboxylic acids is 1. The maximum absolute atomic E-state index is 11.2. The first-order valence-corrected chi connectivity index (χ1v) is 5.56. The van der Waals surface area contributed by atoms with Crippen LogP contribution in [0.1, 0.15) is 31.9 Å². The van der Waals surface area contributed by atoms with Crippen molar-refractivity contribution in [2.24, 2.45) is 11.3 Å². The van der Waals surface area contributed by atoms with Crippen LogP contribution in [-0.4, -0.2) is 11.1 Å². The van der Waals surface area contributed by atoms with Crippen LogP contribution in [0.4, 0.5) is 0 Å². The Bertz CT molecular complexity index is 435. The summed E-state index contributed by atoms with van der Waals surface area (Å²) in [6.07, 6.45) is 0.491. The molecule has 0 spiro atoms. The first kappa shape index (κ1) is 13.2. The van der Waals surface area contributed by atoms with Crippen LogP contribution in [0.5, 0.6) is 0 Å². The van der Waals surface area contributed by atoms with E-state index in [0.29, 0.717) is 12.0 Å². The lowest BCUT2D eigenvalue weighted by molar-refractivity contribution is -0.145. The Morgan fingerprint density at radius 3 is 2.24 bits per heavy atom. The fourth-order valence-corrected chi connectivity index (χ4v) is 1.71. The van der Waals surface area contributed by atoms with Crippen LogP contribution in [0.3, 0.4) is 0 Å². The van der Waals surface area contributed by atoms with Gasteiger partial charge in [0.05, 0.1) is 17.6 Å². The smallest absolute Gasteiger partial charge is 0.307 e. The molecule has 0 radical (unpaired) electrons. The fourth-order valence-electron chi connectivity index (χ4n) is 1.71. The second-order valence-electron chi connectivity index (χ2n) is 5.27. The third-order valence-electron chi connectivity index (χ3n) is 2.87. The predicted molar refractivity (Wildman–Crippen MR) is 65.4 cm³/mol. The summed E-state index contributed by atoms with van der Waals surface area (Å²) in [5, 5.41) is 17.9. The van der Waals surface area contributed by atoms with E-state index in [2.05, 4.69) is 0 Å². The number of nitrogens with zero attached hydrogens (tertiary/aromatic N) is 1. The van der Waals surface area contributed by atoms with Crippen molar-refractivity contribution < 1.29 is 9.90 Å². The molecule has 0 bridgehead atoms. The highest BCUT2D eigenvalue weighted by molar-refractivity contribution is 5.71. The summed E-state index contributed by atoms with van der Waals surface area (Å²) in [6, 6.07) is 9.12. The Kier molecular flexibility index (Phi) is 3.90. The van der Waals surface area contributed by atoms with Crippen LogP contribution in [0.25, 0.3) is 0 Å². The van der Waals surface area contributed by atoms with Crippen LogP contribution < -0.4 is 0 Å². The molecule has 0 aromatic heterocycles. The fraction of sp³-hybridized carbons (Fsp3) is 0.429. The number of hydrogen-bond acceptors (Lipinski definition) is 2. The van der Waals surface area contributed by atoms with Crippen molar-refractivity contribution in [2.75, 3.05) is 0 Å². The van der Waals surface area contributed by atoms with E-state index in [0.717, 1.165) is 5.56 Å². The highest BCUT2D eigenvalue weighted by Gasteiger charge is 2.31. The molecule has 0 aliphatic carbocycles. The first-order chi connectivity index (χ1) is 7.84. The molecular weight excluding hydrogens is 214 g/mol. The molecule has 1 atom stereocenters. The van der Waals surface area contributed by atoms with Gasteiger partial charge in [0.25, 0.3) is 0 Å². The molecule has 17 heavy (non-hydrogen) atoms. The molecule has 0 heterocycles. The van der Waals surface area contributed by atoms with Crippen LogP contribution in [0.15, 0.2) is 24.3 Å². The molecule has 1 aromatic carbocycles. The topological polar surface area (TPSA) is 61.1 Å². The van der Waals surface area contributed by atoms with Crippen LogP contribution in [-0.2, 0) is 11.2 Å². The molecule has 1 aromatic rings. The molecule has 0 aliphatic rings. The van der Waals surface area contributed by atoms with Crippen molar-refractivity contribution in [2.45, 2.75) is 27.2 Å². The van der Waals surface area contributed by atoms with Gasteiger partial charge in [-0.3, -0.25) is 4.79 Å². The number of carboxylic acid groups (broad SMARTS) is 1. The molecular formula is C14H17NO2. The molecule has 0 fully saturated rings. The molecule has 0 amide bonds. The minimum atomic E-state index is -0.776. The van der Waals surface area contributed by atoms with Gasteiger partial charge in [0, 0.05) is 0 Å². The summed E-state index contributed by atoms with van der Waals surface area (Å²) in [5.41, 5.74) is 1.27. The van der Waals surface area contributed by atoms with Crippen molar-refractivity contribution in [3.63, 3.8) is 0 Å². The Balaban J connectivity index is 2.88. The van der Waals surface area contributed by atoms with Gasteiger partial charge in [-0.25, -0.2) is 0 Å². The number of carboxylic acids is 1. The standard InChI is InChI=1S/C14H17NO2/c1-14(2,3)12(13(16)17)8-10-4-6-11(9-15)7-5-10/h4-7,12H,8H2,1-3H3,(H,16,17). The monoisotopic (exact) mass is 231 g/mol. The summed E-state index contributed by atoms with van der Waals surface area (Å²) in [5.74, 6) is -1.20. The van der Waals surface area contributed by atoms with Gasteiger partial charge in [0.1, 0.15) is 0 Å². The van der Waals surface area contributed by atoms with E-state index in [-0.39, 0.29) is 5.41 Å². The van der Waals surface area contributed by atoms with Gasteiger partial charge in [-0.15, -0.1) is 0 Å². The highest BCUT2D eigenvalue weighted by atomic mass is 16.4. The van der Waals surface area contributed by atoms with Crippen molar-refractivity contribution in [1.82, 2.24) is 0 Å². The Hall–Kier alpha value is -1.82. The molecule has 0 aliphatic heterocycles. The van der Waals surface area contributed by atoms with Gasteiger partial charge in [0.2, 0.25) is 0 Å². The molecule has 1 unspecified atom stereocenters. The van der Waals surface area contributed by atoms with E-state index in [1.165, 1.54) is 0 Å². The van der Waals surface area contributed by atoms with E-state index < -0.39 is 11.9 Å². The first-order valence-electron chi connectivity index (χ1n) is 5.56. The lowest BCUT2D eigenvalue weighted by atomic mass is 9.77. The van der Waals surface area contributed by atoms with Gasteiger partial charge in [-0.1, -0.05) is 32.9 Å². The molecule has 0 saturated heterocycles. The average Bonchev–Trinajstić information content (AvgIpc) is 2.24. The summed E-state index contributed by atoms with van der Waals surface area (Å²) < 4.78 is 0. The Morgan fingerprint density at radius 1 is 1.35 bits per heavy atom. The molecule has 3 heteroatoms. The quantitative estimate of drug-likeness (QED) is 0.870. The molecule has 1 rings (SSSR count). The number of carbonyl (C=O) groups is 1. The number of hydrogen-bond donors (Lipinski definition) is 1. The van der Waals surface area contributed by atoms with E-state index in [9.17, 15) is 9.90 Å². The van der Waals surface area contributed by atoms with Crippen molar-refractivity contribution in [1.29, 1.82) is 5.26 Å². The zero-order valence-corrected chi connectivity index (χ0v) is 10.4. The van der Waals surface area contributed by atoms with Crippen LogP contribution in [0.2, 0.25) is 0 Å². The summed E-state index contributed by atoms with van der Waals surface area (Å²) in [7, 11) is 0. The van der Waals surface area contributed by atoms with Gasteiger partial charge in [-0.2, -0.15) is 5.26 Å². The number of rotatable bonds is 3. The van der Waals surface area contributed by atoms with Crippen molar-refractivity contribution in [3.05, 3.63) is 35.4 Å². The maximum atomic E-state index is 11.2. The SMILES string of the molecule is CC(C)(C)C(Cc1ccc(C#N)cc1)C(=O)O. The molecule has 3 nitrogen and oxygen atoms in total. The maximum Gasteiger partial charge on any atom is 0.307 e. The lowest BCUT2D eigenvalue weighted by Crippen LogP contribution is -2.30. The lowest BCUT2D eigenvalue weighted by Gasteiger charge is -2.27. The second-order valence-corrected chi connectivity index (χ2v) is 5.27. The second kappa shape index (κ2) is 5.01.